The number of carbonyl (C=O) groups excluding carboxylic acids is 1. The molecule has 0 aliphatic rings. The van der Waals surface area contributed by atoms with E-state index in [-0.39, 0.29) is 12.3 Å². The van der Waals surface area contributed by atoms with Gasteiger partial charge in [-0.3, -0.25) is 4.79 Å². The van der Waals surface area contributed by atoms with Crippen LogP contribution in [-0.4, -0.2) is 32.1 Å². The van der Waals surface area contributed by atoms with Crippen molar-refractivity contribution in [3.63, 3.8) is 0 Å². The van der Waals surface area contributed by atoms with Crippen LogP contribution in [0.1, 0.15) is 37.5 Å². The lowest BCUT2D eigenvalue weighted by molar-refractivity contribution is -0.115. The summed E-state index contributed by atoms with van der Waals surface area (Å²) in [6.07, 6.45) is 1.07. The summed E-state index contributed by atoms with van der Waals surface area (Å²) < 4.78 is 7.39. The second-order valence-electron chi connectivity index (χ2n) is 7.06. The molecule has 2 heterocycles. The van der Waals surface area contributed by atoms with Crippen LogP contribution in [0.5, 0.6) is 5.75 Å². The van der Waals surface area contributed by atoms with Crippen molar-refractivity contribution in [3.8, 4) is 5.75 Å². The van der Waals surface area contributed by atoms with Gasteiger partial charge < -0.3 is 10.1 Å². The molecule has 2 aromatic heterocycles. The van der Waals surface area contributed by atoms with Crippen LogP contribution in [0.25, 0.3) is 5.78 Å². The molecule has 3 aromatic rings. The minimum atomic E-state index is -0.181. The predicted molar refractivity (Wildman–Crippen MR) is 104 cm³/mol. The standard InChI is InChI=1S/C20H25N5O2/c1-13(2)8-9-27-17-7-5-6-16(11-17)22-19(26)12-18-23-20-21-14(3)10-15(4)25(20)24-18/h5-7,10-11,13H,8-9,12H2,1-4H3,(H,22,26). The zero-order chi connectivity index (χ0) is 19.4. The summed E-state index contributed by atoms with van der Waals surface area (Å²) in [6.45, 7) is 8.82. The molecule has 0 radical (unpaired) electrons. The van der Waals surface area contributed by atoms with Gasteiger partial charge in [-0.25, -0.2) is 9.50 Å². The van der Waals surface area contributed by atoms with Crippen molar-refractivity contribution >= 4 is 17.4 Å². The topological polar surface area (TPSA) is 81.4 Å². The molecule has 0 spiro atoms. The summed E-state index contributed by atoms with van der Waals surface area (Å²) in [6, 6.07) is 9.33. The van der Waals surface area contributed by atoms with Crippen molar-refractivity contribution in [1.82, 2.24) is 19.6 Å². The molecule has 27 heavy (non-hydrogen) atoms. The predicted octanol–water partition coefficient (Wildman–Crippen LogP) is 3.35. The number of carbonyl (C=O) groups is 1. The van der Waals surface area contributed by atoms with Crippen molar-refractivity contribution < 1.29 is 9.53 Å². The maximum absolute atomic E-state index is 12.4. The first-order valence-electron chi connectivity index (χ1n) is 9.13. The summed E-state index contributed by atoms with van der Waals surface area (Å²) in [5, 5.41) is 7.24. The average molecular weight is 367 g/mol. The molecule has 3 rings (SSSR count). The molecular formula is C20H25N5O2. The van der Waals surface area contributed by atoms with Crippen molar-refractivity contribution in [3.05, 3.63) is 47.5 Å². The third kappa shape index (κ3) is 5.03. The molecule has 1 amide bonds. The lowest BCUT2D eigenvalue weighted by Crippen LogP contribution is -2.15. The van der Waals surface area contributed by atoms with Crippen molar-refractivity contribution in [1.29, 1.82) is 0 Å². The van der Waals surface area contributed by atoms with Gasteiger partial charge in [-0.15, -0.1) is 5.10 Å². The number of nitrogens with one attached hydrogen (secondary N) is 1. The number of hydrogen-bond acceptors (Lipinski definition) is 5. The maximum Gasteiger partial charge on any atom is 0.252 e. The Labute approximate surface area is 158 Å². The Kier molecular flexibility index (Phi) is 5.69. The summed E-state index contributed by atoms with van der Waals surface area (Å²) in [5.41, 5.74) is 2.50. The fraction of sp³-hybridized carbons (Fsp3) is 0.400. The number of aromatic nitrogens is 4. The molecule has 0 fully saturated rings. The fourth-order valence-corrected chi connectivity index (χ4v) is 2.71. The van der Waals surface area contributed by atoms with Gasteiger partial charge in [0.05, 0.1) is 13.0 Å². The number of benzene rings is 1. The molecule has 0 aliphatic carbocycles. The Hall–Kier alpha value is -2.96. The van der Waals surface area contributed by atoms with E-state index in [1.54, 1.807) is 4.52 Å². The average Bonchev–Trinajstić information content (AvgIpc) is 2.97. The van der Waals surface area contributed by atoms with Crippen LogP contribution in [0.4, 0.5) is 5.69 Å². The lowest BCUT2D eigenvalue weighted by Gasteiger charge is -2.10. The molecule has 0 aliphatic heterocycles. The van der Waals surface area contributed by atoms with Gasteiger partial charge in [-0.1, -0.05) is 19.9 Å². The second kappa shape index (κ2) is 8.16. The summed E-state index contributed by atoms with van der Waals surface area (Å²) in [4.78, 5) is 21.1. The first-order valence-corrected chi connectivity index (χ1v) is 9.13. The molecule has 0 atom stereocenters. The fourth-order valence-electron chi connectivity index (χ4n) is 2.71. The first kappa shape index (κ1) is 18.8. The summed E-state index contributed by atoms with van der Waals surface area (Å²) in [7, 11) is 0. The third-order valence-corrected chi connectivity index (χ3v) is 4.06. The highest BCUT2D eigenvalue weighted by Crippen LogP contribution is 2.18. The third-order valence-electron chi connectivity index (χ3n) is 4.06. The van der Waals surface area contributed by atoms with Gasteiger partial charge in [-0.05, 0) is 44.4 Å². The number of anilines is 1. The largest absolute Gasteiger partial charge is 0.494 e. The van der Waals surface area contributed by atoms with Crippen LogP contribution in [-0.2, 0) is 11.2 Å². The number of hydrogen-bond donors (Lipinski definition) is 1. The van der Waals surface area contributed by atoms with E-state index in [2.05, 4.69) is 34.2 Å². The Balaban J connectivity index is 1.63. The minimum Gasteiger partial charge on any atom is -0.494 e. The number of ether oxygens (including phenoxy) is 1. The highest BCUT2D eigenvalue weighted by Gasteiger charge is 2.12. The Morgan fingerprint density at radius 2 is 2.04 bits per heavy atom. The smallest absolute Gasteiger partial charge is 0.252 e. The highest BCUT2D eigenvalue weighted by atomic mass is 16.5. The first-order chi connectivity index (χ1) is 12.9. The van der Waals surface area contributed by atoms with E-state index in [1.165, 1.54) is 0 Å². The molecular weight excluding hydrogens is 342 g/mol. The molecule has 1 N–H and O–H groups in total. The van der Waals surface area contributed by atoms with Crippen LogP contribution < -0.4 is 10.1 Å². The Morgan fingerprint density at radius 3 is 2.81 bits per heavy atom. The SMILES string of the molecule is Cc1cc(C)n2nc(CC(=O)Nc3cccc(OCCC(C)C)c3)nc2n1. The molecule has 0 saturated heterocycles. The quantitative estimate of drug-likeness (QED) is 0.692. The molecule has 0 unspecified atom stereocenters. The van der Waals surface area contributed by atoms with Gasteiger partial charge in [0.25, 0.3) is 5.78 Å². The molecule has 1 aromatic carbocycles. The van der Waals surface area contributed by atoms with Gasteiger partial charge in [0.2, 0.25) is 5.91 Å². The zero-order valence-corrected chi connectivity index (χ0v) is 16.2. The van der Waals surface area contributed by atoms with Crippen molar-refractivity contribution in [2.24, 2.45) is 5.92 Å². The van der Waals surface area contributed by atoms with Gasteiger partial charge in [0, 0.05) is 23.1 Å². The molecule has 142 valence electrons. The van der Waals surface area contributed by atoms with Crippen LogP contribution in [0.15, 0.2) is 30.3 Å². The van der Waals surface area contributed by atoms with E-state index in [0.29, 0.717) is 29.8 Å². The zero-order valence-electron chi connectivity index (χ0n) is 16.2. The van der Waals surface area contributed by atoms with Crippen molar-refractivity contribution in [2.75, 3.05) is 11.9 Å². The maximum atomic E-state index is 12.4. The molecule has 0 bridgehead atoms. The van der Waals surface area contributed by atoms with E-state index < -0.39 is 0 Å². The van der Waals surface area contributed by atoms with Crippen LogP contribution in [0, 0.1) is 19.8 Å². The number of aryl methyl sites for hydroxylation is 2. The van der Waals surface area contributed by atoms with E-state index in [1.807, 2.05) is 44.2 Å². The van der Waals surface area contributed by atoms with Gasteiger partial charge in [0.15, 0.2) is 5.82 Å². The monoisotopic (exact) mass is 367 g/mol. The Morgan fingerprint density at radius 1 is 1.22 bits per heavy atom. The van der Waals surface area contributed by atoms with E-state index in [4.69, 9.17) is 4.74 Å². The van der Waals surface area contributed by atoms with E-state index in [0.717, 1.165) is 23.6 Å². The Bertz CT molecular complexity index is 949. The molecule has 7 nitrogen and oxygen atoms in total. The summed E-state index contributed by atoms with van der Waals surface area (Å²) >= 11 is 0. The van der Waals surface area contributed by atoms with Crippen LogP contribution >= 0.6 is 0 Å². The number of rotatable bonds is 7. The second-order valence-corrected chi connectivity index (χ2v) is 7.06. The number of nitrogens with zero attached hydrogens (tertiary/aromatic N) is 4. The van der Waals surface area contributed by atoms with Gasteiger partial charge >= 0.3 is 0 Å². The molecule has 0 saturated carbocycles. The van der Waals surface area contributed by atoms with Crippen molar-refractivity contribution in [2.45, 2.75) is 40.5 Å². The molecule has 7 heteroatoms. The summed E-state index contributed by atoms with van der Waals surface area (Å²) in [5.74, 6) is 2.11. The van der Waals surface area contributed by atoms with Crippen LogP contribution in [0.3, 0.4) is 0 Å². The number of amides is 1. The van der Waals surface area contributed by atoms with Gasteiger partial charge in [-0.2, -0.15) is 4.98 Å². The number of fused-ring (bicyclic) bond motifs is 1. The normalized spacial score (nSPS) is 11.1. The highest BCUT2D eigenvalue weighted by molar-refractivity contribution is 5.92. The lowest BCUT2D eigenvalue weighted by atomic mass is 10.1. The minimum absolute atomic E-state index is 0.0836. The van der Waals surface area contributed by atoms with E-state index in [9.17, 15) is 4.79 Å². The van der Waals surface area contributed by atoms with Crippen LogP contribution in [0.2, 0.25) is 0 Å². The van der Waals surface area contributed by atoms with E-state index >= 15 is 0 Å². The van der Waals surface area contributed by atoms with Gasteiger partial charge in [0.1, 0.15) is 5.75 Å².